The molecule has 9 nitrogen and oxygen atoms in total. The fourth-order valence-electron chi connectivity index (χ4n) is 3.58. The molecule has 1 aromatic carbocycles. The van der Waals surface area contributed by atoms with Crippen LogP contribution in [0.15, 0.2) is 30.3 Å². The van der Waals surface area contributed by atoms with Crippen molar-refractivity contribution >= 4 is 34.4 Å². The number of hydrogen-bond acceptors (Lipinski definition) is 7. The SMILES string of the molecule is COCc1nc(N2CCN(C(=O)OC(C)(C)C)CC2)cc(-n2nc(Cl)c3ccccc32)n1. The average Bonchev–Trinajstić information content (AvgIpc) is 3.10. The zero-order valence-electron chi connectivity index (χ0n) is 18.7. The Kier molecular flexibility index (Phi) is 6.21. The second-order valence-corrected chi connectivity index (χ2v) is 8.97. The van der Waals surface area contributed by atoms with Crippen LogP contribution in [0, 0.1) is 0 Å². The number of ether oxygens (including phenoxy) is 2. The van der Waals surface area contributed by atoms with Crippen molar-refractivity contribution in [2.45, 2.75) is 33.0 Å². The van der Waals surface area contributed by atoms with E-state index in [9.17, 15) is 4.79 Å². The number of para-hydroxylation sites is 1. The Morgan fingerprint density at radius 1 is 1.09 bits per heavy atom. The van der Waals surface area contributed by atoms with Crippen molar-refractivity contribution in [3.63, 3.8) is 0 Å². The lowest BCUT2D eigenvalue weighted by Crippen LogP contribution is -2.50. The number of fused-ring (bicyclic) bond motifs is 1. The van der Waals surface area contributed by atoms with Crippen LogP contribution in [-0.2, 0) is 16.1 Å². The van der Waals surface area contributed by atoms with Gasteiger partial charge >= 0.3 is 6.09 Å². The van der Waals surface area contributed by atoms with Gasteiger partial charge in [0.25, 0.3) is 0 Å². The summed E-state index contributed by atoms with van der Waals surface area (Å²) in [5.41, 5.74) is 0.346. The first-order valence-corrected chi connectivity index (χ1v) is 10.9. The number of hydrogen-bond donors (Lipinski definition) is 0. The van der Waals surface area contributed by atoms with Crippen molar-refractivity contribution in [3.8, 4) is 5.82 Å². The Balaban J connectivity index is 1.60. The maximum absolute atomic E-state index is 12.4. The molecular weight excluding hydrogens is 432 g/mol. The van der Waals surface area contributed by atoms with Crippen LogP contribution in [0.3, 0.4) is 0 Å². The van der Waals surface area contributed by atoms with Crippen LogP contribution in [0.25, 0.3) is 16.7 Å². The maximum Gasteiger partial charge on any atom is 0.410 e. The summed E-state index contributed by atoms with van der Waals surface area (Å²) >= 11 is 6.35. The molecule has 0 unspecified atom stereocenters. The van der Waals surface area contributed by atoms with E-state index in [1.807, 2.05) is 51.1 Å². The van der Waals surface area contributed by atoms with E-state index in [-0.39, 0.29) is 12.7 Å². The topological polar surface area (TPSA) is 85.6 Å². The van der Waals surface area contributed by atoms with Crippen LogP contribution in [0.1, 0.15) is 26.6 Å². The number of piperazine rings is 1. The van der Waals surface area contributed by atoms with E-state index < -0.39 is 5.60 Å². The van der Waals surface area contributed by atoms with E-state index in [0.717, 1.165) is 16.7 Å². The number of benzene rings is 1. The monoisotopic (exact) mass is 458 g/mol. The normalized spacial score (nSPS) is 14.8. The van der Waals surface area contributed by atoms with Gasteiger partial charge in [-0.2, -0.15) is 5.10 Å². The highest BCUT2D eigenvalue weighted by atomic mass is 35.5. The molecule has 0 radical (unpaired) electrons. The van der Waals surface area contributed by atoms with Crippen LogP contribution in [0.2, 0.25) is 5.15 Å². The van der Waals surface area contributed by atoms with Gasteiger partial charge in [0, 0.05) is 44.7 Å². The third kappa shape index (κ3) is 4.78. The fourth-order valence-corrected chi connectivity index (χ4v) is 3.82. The first-order valence-electron chi connectivity index (χ1n) is 10.5. The minimum Gasteiger partial charge on any atom is -0.444 e. The highest BCUT2D eigenvalue weighted by Crippen LogP contribution is 2.26. The fraction of sp³-hybridized carbons (Fsp3) is 0.455. The van der Waals surface area contributed by atoms with Gasteiger partial charge in [0.15, 0.2) is 16.8 Å². The molecule has 32 heavy (non-hydrogen) atoms. The summed E-state index contributed by atoms with van der Waals surface area (Å²) in [6.07, 6.45) is -0.293. The number of rotatable bonds is 4. The molecule has 1 aliphatic heterocycles. The molecule has 4 rings (SSSR count). The number of carbonyl (C=O) groups excluding carboxylic acids is 1. The van der Waals surface area contributed by atoms with Gasteiger partial charge in [-0.15, -0.1) is 0 Å². The Hall–Kier alpha value is -2.91. The summed E-state index contributed by atoms with van der Waals surface area (Å²) < 4.78 is 12.5. The number of nitrogens with zero attached hydrogens (tertiary/aromatic N) is 6. The molecule has 170 valence electrons. The molecule has 10 heteroatoms. The third-order valence-corrected chi connectivity index (χ3v) is 5.31. The number of methoxy groups -OCH3 is 1. The maximum atomic E-state index is 12.4. The van der Waals surface area contributed by atoms with Crippen LogP contribution in [0.5, 0.6) is 0 Å². The van der Waals surface area contributed by atoms with Gasteiger partial charge in [0.05, 0.1) is 5.52 Å². The summed E-state index contributed by atoms with van der Waals surface area (Å²) in [5, 5.41) is 5.75. The highest BCUT2D eigenvalue weighted by Gasteiger charge is 2.27. The number of carbonyl (C=O) groups is 1. The zero-order valence-corrected chi connectivity index (χ0v) is 19.5. The Morgan fingerprint density at radius 2 is 1.78 bits per heavy atom. The summed E-state index contributed by atoms with van der Waals surface area (Å²) in [6.45, 7) is 8.22. The van der Waals surface area contributed by atoms with Crippen LogP contribution in [-0.4, -0.2) is 69.6 Å². The molecule has 0 saturated carbocycles. The smallest absolute Gasteiger partial charge is 0.410 e. The molecule has 1 saturated heterocycles. The van der Waals surface area contributed by atoms with Crippen molar-refractivity contribution in [3.05, 3.63) is 41.3 Å². The summed E-state index contributed by atoms with van der Waals surface area (Å²) in [5.74, 6) is 1.91. The number of aromatic nitrogens is 4. The Morgan fingerprint density at radius 3 is 2.47 bits per heavy atom. The first-order chi connectivity index (χ1) is 15.2. The molecule has 1 amide bonds. The molecule has 3 heterocycles. The minimum absolute atomic E-state index is 0.269. The van der Waals surface area contributed by atoms with E-state index in [0.29, 0.717) is 43.0 Å². The molecule has 0 atom stereocenters. The molecular formula is C22H27ClN6O3. The van der Waals surface area contributed by atoms with Crippen molar-refractivity contribution in [1.29, 1.82) is 0 Å². The lowest BCUT2D eigenvalue weighted by atomic mass is 10.2. The van der Waals surface area contributed by atoms with E-state index >= 15 is 0 Å². The number of halogens is 1. The van der Waals surface area contributed by atoms with Crippen molar-refractivity contribution in [2.75, 3.05) is 38.2 Å². The van der Waals surface area contributed by atoms with Gasteiger partial charge < -0.3 is 19.3 Å². The quantitative estimate of drug-likeness (QED) is 0.589. The zero-order chi connectivity index (χ0) is 22.9. The second-order valence-electron chi connectivity index (χ2n) is 8.61. The predicted octanol–water partition coefficient (Wildman–Crippen LogP) is 3.67. The standard InChI is InChI=1S/C22H27ClN6O3/c1-22(2,3)32-21(30)28-11-9-27(10-12-28)18-13-19(25-17(24-18)14-31-4)29-16-8-6-5-7-15(16)20(23)26-29/h5-8,13H,9-12,14H2,1-4H3. The van der Waals surface area contributed by atoms with Crippen LogP contribution in [0.4, 0.5) is 10.6 Å². The highest BCUT2D eigenvalue weighted by molar-refractivity contribution is 6.34. The van der Waals surface area contributed by atoms with Crippen LogP contribution >= 0.6 is 11.6 Å². The van der Waals surface area contributed by atoms with E-state index in [1.165, 1.54) is 0 Å². The predicted molar refractivity (Wildman–Crippen MR) is 122 cm³/mol. The molecule has 1 fully saturated rings. The van der Waals surface area contributed by atoms with Gasteiger partial charge in [-0.25, -0.2) is 19.4 Å². The second kappa shape index (κ2) is 8.91. The minimum atomic E-state index is -0.515. The lowest BCUT2D eigenvalue weighted by Gasteiger charge is -2.36. The average molecular weight is 459 g/mol. The van der Waals surface area contributed by atoms with Crippen molar-refractivity contribution in [2.24, 2.45) is 0 Å². The van der Waals surface area contributed by atoms with E-state index in [1.54, 1.807) is 16.7 Å². The van der Waals surface area contributed by atoms with Crippen molar-refractivity contribution < 1.29 is 14.3 Å². The first kappa shape index (κ1) is 22.3. The van der Waals surface area contributed by atoms with Gasteiger partial charge in [0.2, 0.25) is 0 Å². The molecule has 3 aromatic rings. The number of anilines is 1. The molecule has 0 aliphatic carbocycles. The molecule has 0 N–H and O–H groups in total. The largest absolute Gasteiger partial charge is 0.444 e. The van der Waals surface area contributed by atoms with Gasteiger partial charge in [-0.05, 0) is 32.9 Å². The number of amides is 1. The van der Waals surface area contributed by atoms with Gasteiger partial charge in [-0.1, -0.05) is 23.7 Å². The summed E-state index contributed by atoms with van der Waals surface area (Å²) in [4.78, 5) is 25.5. The van der Waals surface area contributed by atoms with Gasteiger partial charge in [-0.3, -0.25) is 0 Å². The molecule has 2 aromatic heterocycles. The summed E-state index contributed by atoms with van der Waals surface area (Å²) in [6, 6.07) is 9.62. The Bertz CT molecular complexity index is 1120. The van der Waals surface area contributed by atoms with E-state index in [2.05, 4.69) is 20.0 Å². The molecule has 1 aliphatic rings. The third-order valence-electron chi connectivity index (χ3n) is 5.03. The lowest BCUT2D eigenvalue weighted by molar-refractivity contribution is 0.0240. The van der Waals surface area contributed by atoms with Crippen LogP contribution < -0.4 is 4.90 Å². The molecule has 0 bridgehead atoms. The van der Waals surface area contributed by atoms with E-state index in [4.69, 9.17) is 21.1 Å². The van der Waals surface area contributed by atoms with Crippen molar-refractivity contribution in [1.82, 2.24) is 24.6 Å². The Labute approximate surface area is 191 Å². The summed E-state index contributed by atoms with van der Waals surface area (Å²) in [7, 11) is 1.61. The molecule has 0 spiro atoms. The van der Waals surface area contributed by atoms with Gasteiger partial charge in [0.1, 0.15) is 18.0 Å².